The average Bonchev–Trinajstić information content (AvgIpc) is 0.908. The van der Waals surface area contributed by atoms with Crippen LogP contribution in [0.1, 0.15) is 193 Å². The van der Waals surface area contributed by atoms with Crippen LogP contribution < -0.4 is 36.9 Å². The van der Waals surface area contributed by atoms with Crippen LogP contribution in [0.2, 0.25) is 5.15 Å². The summed E-state index contributed by atoms with van der Waals surface area (Å²) >= 11 is 8.81. The van der Waals surface area contributed by atoms with Gasteiger partial charge in [0, 0.05) is 93.4 Å². The first kappa shape index (κ1) is 115. The van der Waals surface area contributed by atoms with Crippen LogP contribution in [-0.2, 0) is 64.0 Å². The number of nitrogens with zero attached hydrogens (tertiary/aromatic N) is 10. The molecule has 0 saturated carbocycles. The van der Waals surface area contributed by atoms with Crippen LogP contribution in [0.15, 0.2) is 194 Å². The third-order valence-corrected chi connectivity index (χ3v) is 22.5. The molecule has 12 aromatic rings. The van der Waals surface area contributed by atoms with Crippen molar-refractivity contribution in [2.45, 2.75) is 124 Å². The van der Waals surface area contributed by atoms with Gasteiger partial charge >= 0.3 is 17.9 Å². The Morgan fingerprint density at radius 1 is 0.521 bits per heavy atom. The first-order chi connectivity index (χ1) is 69.9. The number of anilines is 1. The van der Waals surface area contributed by atoms with Gasteiger partial charge in [0.2, 0.25) is 17.7 Å². The molecular formula is C105H101BrClF6N15O18. The van der Waals surface area contributed by atoms with E-state index in [4.69, 9.17) is 57.3 Å². The molecule has 0 radical (unpaired) electrons. The van der Waals surface area contributed by atoms with Crippen LogP contribution in [-0.4, -0.2) is 152 Å². The van der Waals surface area contributed by atoms with Crippen LogP contribution in [0.3, 0.4) is 0 Å². The van der Waals surface area contributed by atoms with Gasteiger partial charge in [0.1, 0.15) is 85.5 Å². The van der Waals surface area contributed by atoms with Gasteiger partial charge in [-0.1, -0.05) is 137 Å². The van der Waals surface area contributed by atoms with Crippen molar-refractivity contribution in [3.8, 4) is 57.8 Å². The summed E-state index contributed by atoms with van der Waals surface area (Å²) in [6.07, 6.45) is 3.38. The lowest BCUT2D eigenvalue weighted by atomic mass is 9.93. The Hall–Kier alpha value is -16.5. The number of hydrogen-bond acceptors (Lipinski definition) is 28. The number of nitro groups is 2. The number of ketones is 2. The van der Waals surface area contributed by atoms with Crippen molar-refractivity contribution >= 4 is 98.1 Å². The minimum absolute atomic E-state index is 0.00956. The number of non-ortho nitro benzene ring substituents is 2. The summed E-state index contributed by atoms with van der Waals surface area (Å²) in [5.74, 6) is -7.04. The standard InChI is InChI=1S/C25H21F2N3O4.C25H23F2N3O3.C14H11ClF2N2O2.C11H10N2O3.C10H12N2O.C9H9NO3.C9H13NO2.C2H2BrN/c1-2-34-25(33)22-19(12-14-6-8-15(9-7-14)16-10-11-28-24(16)32)29-23(30-20(22)13-31)21-17(26)4-3-5-18(21)27;1-3-33-25(32)21-14(2)29-23(22-18(26)5-4-6-19(22)27)30-20(21)13-15-7-9-16(10-8-15)17-11-12-28-24(17)31;1-3-21-14(20)10-7(2)18-13(19-12(10)15)11-8(16)5-4-6-9(11)17;1-8(14)11(6-7-12)9-2-4-10(5-3-9)13(15)16;11-8-3-1-7(2-4-8)9-5-6-12-10(9)13;1-7(11)6-8-2-4-9(5-3-8)10(12)13;1-11-8-4-3-7(6-10)9(5-8)12-2;3-1-2-4/h3-9,13,16H,2,10-12H2,1H3,(H,28,32);4-10,17H,3,11-13H2,1-2H3,(H,28,31);4-6H,3H2,1-2H3;2-5,11H,6H2,1H3;1-4,9H,5-6,11H2,(H,12,13);2-5H,6H2,1H3;3-5H,6,10H2,1-2H3;1H2. The number of rotatable bonds is 27. The highest BCUT2D eigenvalue weighted by Crippen LogP contribution is 2.35. The Morgan fingerprint density at radius 3 is 1.23 bits per heavy atom. The first-order valence-electron chi connectivity index (χ1n) is 45.1. The first-order valence-corrected chi connectivity index (χ1v) is 46.6. The fourth-order valence-electron chi connectivity index (χ4n) is 14.9. The molecule has 3 amide bonds. The monoisotopic (exact) mass is 2090 g/mol. The summed E-state index contributed by atoms with van der Waals surface area (Å²) in [7, 11) is 3.24. The number of nitriles is 2. The van der Waals surface area contributed by atoms with E-state index in [1.165, 1.54) is 75.4 Å². The van der Waals surface area contributed by atoms with E-state index < -0.39 is 79.7 Å². The average molecular weight is 2090 g/mol. The summed E-state index contributed by atoms with van der Waals surface area (Å²) in [6, 6.07) is 53.5. The summed E-state index contributed by atoms with van der Waals surface area (Å²) in [4.78, 5) is 150. The van der Waals surface area contributed by atoms with Crippen molar-refractivity contribution in [2.75, 3.05) is 64.7 Å². The van der Waals surface area contributed by atoms with Crippen LogP contribution in [0.25, 0.3) is 34.2 Å². The predicted molar refractivity (Wildman–Crippen MR) is 531 cm³/mol. The molecule has 6 heterocycles. The number of carbonyl (C=O) groups is 9. The number of nitro benzene ring substituents is 2. The van der Waals surface area contributed by atoms with Gasteiger partial charge in [0.05, 0.1) is 124 Å². The largest absolute Gasteiger partial charge is 0.497 e. The second-order valence-corrected chi connectivity index (χ2v) is 32.7. The number of halogens is 8. The van der Waals surface area contributed by atoms with Crippen molar-refractivity contribution in [1.29, 1.82) is 10.5 Å². The number of aldehydes is 1. The molecule has 4 unspecified atom stereocenters. The predicted octanol–water partition coefficient (Wildman–Crippen LogP) is 18.1. The molecule has 0 aliphatic carbocycles. The molecule has 4 atom stereocenters. The van der Waals surface area contributed by atoms with Crippen molar-refractivity contribution in [3.63, 3.8) is 0 Å². The highest BCUT2D eigenvalue weighted by Gasteiger charge is 2.32. The lowest BCUT2D eigenvalue weighted by Crippen LogP contribution is -2.18. The number of methoxy groups -OCH3 is 2. The number of Topliss-reactive ketones (excluding diaryl/α,β-unsaturated/α-hetero) is 2. The molecule has 7 N–H and O–H groups in total. The number of alkyl halides is 1. The number of benzene rings is 9. The smallest absolute Gasteiger partial charge is 0.343 e. The number of nitrogens with one attached hydrogen (secondary N) is 3. The number of aryl methyl sites for hydroxylation is 2. The van der Waals surface area contributed by atoms with E-state index in [-0.39, 0.29) is 165 Å². The summed E-state index contributed by atoms with van der Waals surface area (Å²) < 4.78 is 110. The molecule has 146 heavy (non-hydrogen) atoms. The summed E-state index contributed by atoms with van der Waals surface area (Å²) in [5.41, 5.74) is 17.9. The number of nitrogen functional groups attached to an aromatic ring is 1. The minimum atomic E-state index is -0.897. The third-order valence-electron chi connectivity index (χ3n) is 22.0. The molecule has 3 aromatic heterocycles. The Labute approximate surface area is 848 Å². The van der Waals surface area contributed by atoms with Crippen LogP contribution in [0.4, 0.5) is 43.4 Å². The molecule has 41 heteroatoms. The SMILES string of the molecule is CC(=O)C(CC#N)c1ccc([N+](=O)[O-])cc1.CC(=O)Cc1ccc([N+](=O)[O-])cc1.CCOC(=O)c1c(C)nc(-c2c(F)cccc2F)nc1Cc1ccc(C2CCNC2=O)cc1.CCOC(=O)c1c(C)nc(-c2c(F)cccc2F)nc1Cl.CCOC(=O)c1c(C=O)nc(-c2c(F)cccc2F)nc1Cc1ccc(C2CCNC2=O)cc1.COc1ccc(CN)c(OC)c1.N#CCBr.Nc1ccc(C2CCNC2=O)cc1. The topological polar surface area (TPSA) is 499 Å². The Bertz CT molecular complexity index is 6690. The van der Waals surface area contributed by atoms with Gasteiger partial charge < -0.3 is 51.1 Å². The van der Waals surface area contributed by atoms with Crippen LogP contribution in [0.5, 0.6) is 11.5 Å². The fourth-order valence-corrected chi connectivity index (χ4v) is 15.2. The lowest BCUT2D eigenvalue weighted by molar-refractivity contribution is -0.385. The Morgan fingerprint density at radius 2 is 0.890 bits per heavy atom. The van der Waals surface area contributed by atoms with Gasteiger partial charge in [-0.05, 0) is 161 Å². The van der Waals surface area contributed by atoms with Gasteiger partial charge in [-0.15, -0.1) is 0 Å². The molecule has 33 nitrogen and oxygen atoms in total. The molecule has 0 bridgehead atoms. The number of esters is 3. The third kappa shape index (κ3) is 32.3. The normalized spacial score (nSPS) is 13.5. The molecular weight excluding hydrogens is 1990 g/mol. The van der Waals surface area contributed by atoms with Crippen LogP contribution >= 0.6 is 27.5 Å². The quantitative estimate of drug-likeness (QED) is 0.00367. The molecule has 3 aliphatic heterocycles. The van der Waals surface area contributed by atoms with Gasteiger partial charge in [-0.25, -0.2) is 70.6 Å². The van der Waals surface area contributed by atoms with Gasteiger partial charge in [-0.3, -0.25) is 49.0 Å². The Kier molecular flexibility index (Phi) is 44.8. The lowest BCUT2D eigenvalue weighted by Gasteiger charge is -2.14. The van der Waals surface area contributed by atoms with Crippen molar-refractivity contribution in [3.05, 3.63) is 344 Å². The highest BCUT2D eigenvalue weighted by molar-refractivity contribution is 9.09. The van der Waals surface area contributed by atoms with E-state index in [2.05, 4.69) is 61.8 Å². The van der Waals surface area contributed by atoms with Gasteiger partial charge in [0.15, 0.2) is 23.8 Å². The molecule has 0 spiro atoms. The number of ether oxygens (including phenoxy) is 5. The van der Waals surface area contributed by atoms with E-state index in [0.29, 0.717) is 60.9 Å². The molecule has 9 aromatic carbocycles. The maximum Gasteiger partial charge on any atom is 0.343 e. The van der Waals surface area contributed by atoms with E-state index in [1.54, 1.807) is 66.2 Å². The summed E-state index contributed by atoms with van der Waals surface area (Å²) in [6.45, 7) is 13.8. The van der Waals surface area contributed by atoms with Gasteiger partial charge in [0.25, 0.3) is 11.4 Å². The van der Waals surface area contributed by atoms with E-state index >= 15 is 0 Å². The van der Waals surface area contributed by atoms with Gasteiger partial charge in [-0.2, -0.15) is 10.5 Å². The Balaban J connectivity index is 0.000000214. The van der Waals surface area contributed by atoms with Crippen LogP contribution in [0, 0.1) is 91.6 Å². The fraction of sp³-hybridized carbons (Fsp3) is 0.267. The zero-order chi connectivity index (χ0) is 107. The minimum Gasteiger partial charge on any atom is -0.497 e. The van der Waals surface area contributed by atoms with Crippen molar-refractivity contribution in [2.24, 2.45) is 5.73 Å². The number of hydrogen-bond donors (Lipinski definition) is 5. The number of aromatic nitrogens is 6. The molecule has 760 valence electrons. The zero-order valence-corrected chi connectivity index (χ0v) is 82.8. The molecule has 3 aliphatic rings. The highest BCUT2D eigenvalue weighted by atomic mass is 79.9. The molecule has 15 rings (SSSR count). The number of amides is 3. The van der Waals surface area contributed by atoms with Crippen molar-refractivity contribution in [1.82, 2.24) is 45.9 Å². The maximum atomic E-state index is 14.4. The van der Waals surface area contributed by atoms with E-state index in [1.807, 2.05) is 91.0 Å². The second kappa shape index (κ2) is 57.0. The zero-order valence-electron chi connectivity index (χ0n) is 80.5. The summed E-state index contributed by atoms with van der Waals surface area (Å²) in [5, 5.41) is 45.5. The number of nitrogens with two attached hydrogens (primary N) is 2. The molecule has 3 fully saturated rings. The second-order valence-electron chi connectivity index (χ2n) is 31.8. The van der Waals surface area contributed by atoms with Crippen molar-refractivity contribution < 1.29 is 103 Å². The number of carbonyl (C=O) groups excluding carboxylic acids is 9. The maximum absolute atomic E-state index is 14.4. The molecule has 3 saturated heterocycles. The van der Waals surface area contributed by atoms with E-state index in [0.717, 1.165) is 106 Å². The van der Waals surface area contributed by atoms with E-state index in [9.17, 15) is 89.7 Å².